The van der Waals surface area contributed by atoms with Gasteiger partial charge in [-0.15, -0.1) is 0 Å². The van der Waals surface area contributed by atoms with E-state index in [-0.39, 0.29) is 24.3 Å². The van der Waals surface area contributed by atoms with Crippen LogP contribution in [0.3, 0.4) is 0 Å². The Hall–Kier alpha value is -2.05. The van der Waals surface area contributed by atoms with Crippen LogP contribution >= 0.6 is 0 Å². The van der Waals surface area contributed by atoms with Gasteiger partial charge in [0.25, 0.3) is 0 Å². The van der Waals surface area contributed by atoms with Gasteiger partial charge in [0.2, 0.25) is 5.83 Å². The van der Waals surface area contributed by atoms with Gasteiger partial charge in [0.05, 0.1) is 19.3 Å². The highest BCUT2D eigenvalue weighted by molar-refractivity contribution is 5.85. The summed E-state index contributed by atoms with van der Waals surface area (Å²) in [5.74, 6) is -2.59. The molecule has 0 spiro atoms. The van der Waals surface area contributed by atoms with Gasteiger partial charge in [-0.1, -0.05) is 6.07 Å². The average Bonchev–Trinajstić information content (AvgIpc) is 2.43. The number of ether oxygens (including phenoxy) is 2. The summed E-state index contributed by atoms with van der Waals surface area (Å²) in [7, 11) is 1.13. The summed E-state index contributed by atoms with van der Waals surface area (Å²) >= 11 is 0. The van der Waals surface area contributed by atoms with Crippen LogP contribution in [0.5, 0.6) is 5.75 Å². The van der Waals surface area contributed by atoms with Crippen LogP contribution in [0.1, 0.15) is 18.1 Å². The van der Waals surface area contributed by atoms with E-state index in [1.807, 2.05) is 0 Å². The topological polar surface area (TPSA) is 35.5 Å². The normalized spacial score (nSPS) is 12.2. The smallest absolute Gasteiger partial charge is 0.419 e. The Morgan fingerprint density at radius 2 is 2.00 bits per heavy atom. The number of methoxy groups -OCH3 is 1. The number of allylic oxidation sites excluding steroid dienone is 1. The summed E-state index contributed by atoms with van der Waals surface area (Å²) in [6.45, 7) is 1.53. The van der Waals surface area contributed by atoms with Crippen molar-refractivity contribution in [2.75, 3.05) is 13.7 Å². The highest BCUT2D eigenvalue weighted by Crippen LogP contribution is 2.36. The largest absolute Gasteiger partial charge is 0.496 e. The van der Waals surface area contributed by atoms with E-state index < -0.39 is 23.5 Å². The van der Waals surface area contributed by atoms with Gasteiger partial charge < -0.3 is 9.47 Å². The molecule has 0 heterocycles. The molecule has 0 fully saturated rings. The lowest BCUT2D eigenvalue weighted by atomic mass is 10.1. The molecule has 0 aliphatic heterocycles. The maximum absolute atomic E-state index is 13.3. The van der Waals surface area contributed by atoms with Crippen LogP contribution < -0.4 is 4.74 Å². The number of benzene rings is 1. The average molecular weight is 306 g/mol. The second-order valence-electron chi connectivity index (χ2n) is 4.01. The standard InChI is InChI=1S/C14H14F4O3/c1-3-21-13(19)11(15)6-4-9-5-7-12(20-2)10(8-9)14(16,17)18/h5-8H,3-4H2,1-2H3/b11-6+. The van der Waals surface area contributed by atoms with Crippen molar-refractivity contribution in [2.45, 2.75) is 19.5 Å². The van der Waals surface area contributed by atoms with E-state index in [1.165, 1.54) is 13.0 Å². The van der Waals surface area contributed by atoms with Crippen LogP contribution in [-0.2, 0) is 22.1 Å². The number of carbonyl (C=O) groups excluding carboxylic acids is 1. The van der Waals surface area contributed by atoms with Crippen molar-refractivity contribution in [2.24, 2.45) is 0 Å². The second-order valence-corrected chi connectivity index (χ2v) is 4.01. The van der Waals surface area contributed by atoms with Crippen molar-refractivity contribution in [3.8, 4) is 5.75 Å². The minimum absolute atomic E-state index is 0.0147. The predicted molar refractivity (Wildman–Crippen MR) is 67.5 cm³/mol. The molecule has 1 aromatic carbocycles. The highest BCUT2D eigenvalue weighted by atomic mass is 19.4. The number of alkyl halides is 3. The molecule has 0 radical (unpaired) electrons. The first-order chi connectivity index (χ1) is 9.79. The molecule has 0 bridgehead atoms. The summed E-state index contributed by atoms with van der Waals surface area (Å²) in [5, 5.41) is 0. The van der Waals surface area contributed by atoms with Gasteiger partial charge in [-0.3, -0.25) is 0 Å². The Morgan fingerprint density at radius 3 is 2.52 bits per heavy atom. The Bertz CT molecular complexity index is 536. The third-order valence-corrected chi connectivity index (χ3v) is 2.56. The Kier molecular flexibility index (Phi) is 5.75. The van der Waals surface area contributed by atoms with E-state index in [1.54, 1.807) is 0 Å². The lowest BCUT2D eigenvalue weighted by molar-refractivity contribution is -0.140. The second kappa shape index (κ2) is 7.10. The highest BCUT2D eigenvalue weighted by Gasteiger charge is 2.34. The molecule has 0 saturated carbocycles. The number of rotatable bonds is 5. The monoisotopic (exact) mass is 306 g/mol. The van der Waals surface area contributed by atoms with Crippen LogP contribution in [0.15, 0.2) is 30.1 Å². The van der Waals surface area contributed by atoms with Gasteiger partial charge in [0.15, 0.2) is 0 Å². The van der Waals surface area contributed by atoms with Crippen LogP contribution in [-0.4, -0.2) is 19.7 Å². The molecular formula is C14H14F4O3. The molecule has 7 heteroatoms. The maximum Gasteiger partial charge on any atom is 0.419 e. The van der Waals surface area contributed by atoms with Crippen LogP contribution in [0.25, 0.3) is 0 Å². The lowest BCUT2D eigenvalue weighted by Crippen LogP contribution is -2.08. The summed E-state index contributed by atoms with van der Waals surface area (Å²) in [5.41, 5.74) is -0.755. The number of hydrogen-bond acceptors (Lipinski definition) is 3. The third kappa shape index (κ3) is 4.77. The maximum atomic E-state index is 13.3. The van der Waals surface area contributed by atoms with E-state index in [2.05, 4.69) is 9.47 Å². The minimum Gasteiger partial charge on any atom is -0.496 e. The zero-order valence-corrected chi connectivity index (χ0v) is 11.5. The molecule has 0 N–H and O–H groups in total. The molecule has 0 unspecified atom stereocenters. The summed E-state index contributed by atoms with van der Waals surface area (Å²) in [6, 6.07) is 3.37. The fourth-order valence-corrected chi connectivity index (χ4v) is 1.59. The molecular weight excluding hydrogens is 292 g/mol. The van der Waals surface area contributed by atoms with Crippen molar-refractivity contribution in [1.82, 2.24) is 0 Å². The molecule has 0 aromatic heterocycles. The fraction of sp³-hybridized carbons (Fsp3) is 0.357. The first-order valence-corrected chi connectivity index (χ1v) is 6.06. The van der Waals surface area contributed by atoms with Crippen molar-refractivity contribution >= 4 is 5.97 Å². The first kappa shape index (κ1) is 17.0. The summed E-state index contributed by atoms with van der Waals surface area (Å²) in [4.78, 5) is 11.0. The van der Waals surface area contributed by atoms with Crippen LogP contribution in [0.2, 0.25) is 0 Å². The minimum atomic E-state index is -4.58. The molecule has 0 saturated heterocycles. The molecule has 3 nitrogen and oxygen atoms in total. The molecule has 0 aliphatic carbocycles. The van der Waals surface area contributed by atoms with E-state index in [9.17, 15) is 22.4 Å². The van der Waals surface area contributed by atoms with Gasteiger partial charge in [0, 0.05) is 0 Å². The van der Waals surface area contributed by atoms with E-state index >= 15 is 0 Å². The lowest BCUT2D eigenvalue weighted by Gasteiger charge is -2.12. The van der Waals surface area contributed by atoms with E-state index in [0.29, 0.717) is 0 Å². The Morgan fingerprint density at radius 1 is 1.33 bits per heavy atom. The van der Waals surface area contributed by atoms with Gasteiger partial charge in [-0.2, -0.15) is 17.6 Å². The van der Waals surface area contributed by atoms with E-state index in [0.717, 1.165) is 25.3 Å². The molecule has 0 atom stereocenters. The van der Waals surface area contributed by atoms with Gasteiger partial charge >= 0.3 is 12.1 Å². The fourth-order valence-electron chi connectivity index (χ4n) is 1.59. The summed E-state index contributed by atoms with van der Waals surface area (Å²) < 4.78 is 60.7. The van der Waals surface area contributed by atoms with E-state index in [4.69, 9.17) is 0 Å². The SMILES string of the molecule is CCOC(=O)/C(F)=C\Cc1ccc(OC)c(C(F)(F)F)c1. The van der Waals surface area contributed by atoms with Crippen LogP contribution in [0.4, 0.5) is 17.6 Å². The van der Waals surface area contributed by atoms with Crippen LogP contribution in [0, 0.1) is 0 Å². The van der Waals surface area contributed by atoms with Gasteiger partial charge in [-0.25, -0.2) is 4.79 Å². The molecule has 1 aromatic rings. The first-order valence-electron chi connectivity index (χ1n) is 6.06. The van der Waals surface area contributed by atoms with Crippen molar-refractivity contribution in [3.05, 3.63) is 41.2 Å². The van der Waals surface area contributed by atoms with Gasteiger partial charge in [-0.05, 0) is 37.1 Å². The van der Waals surface area contributed by atoms with Gasteiger partial charge in [0.1, 0.15) is 5.75 Å². The Balaban J connectivity index is 2.96. The molecule has 0 aliphatic rings. The zero-order valence-electron chi connectivity index (χ0n) is 11.5. The van der Waals surface area contributed by atoms with Crippen molar-refractivity contribution in [3.63, 3.8) is 0 Å². The van der Waals surface area contributed by atoms with Crippen molar-refractivity contribution in [1.29, 1.82) is 0 Å². The predicted octanol–water partition coefficient (Wildman–Crippen LogP) is 3.67. The zero-order chi connectivity index (χ0) is 16.0. The molecule has 116 valence electrons. The molecule has 1 rings (SSSR count). The number of hydrogen-bond donors (Lipinski definition) is 0. The molecule has 0 amide bonds. The number of carbonyl (C=O) groups is 1. The number of halogens is 4. The molecule has 21 heavy (non-hydrogen) atoms. The number of esters is 1. The Labute approximate surface area is 119 Å². The van der Waals surface area contributed by atoms with Crippen molar-refractivity contribution < 1.29 is 31.8 Å². The quantitative estimate of drug-likeness (QED) is 0.473. The third-order valence-electron chi connectivity index (χ3n) is 2.56. The summed E-state index contributed by atoms with van der Waals surface area (Å²) in [6.07, 6.45) is -3.87.